The van der Waals surface area contributed by atoms with Crippen LogP contribution in [0.4, 0.5) is 35.1 Å². The first-order chi connectivity index (χ1) is 65.0. The number of Topliss-reactive ketones (excluding diaryl/α,β-unsaturated/α-hetero) is 4. The zero-order valence-electron chi connectivity index (χ0n) is 76.8. The molecule has 4 saturated heterocycles. The van der Waals surface area contributed by atoms with Crippen LogP contribution in [0.1, 0.15) is 292 Å². The van der Waals surface area contributed by atoms with Crippen molar-refractivity contribution < 1.29 is 131 Å². The van der Waals surface area contributed by atoms with Crippen LogP contribution in [-0.2, 0) is 80.0 Å². The molecule has 20 rings (SSSR count). The number of benzene rings is 5. The van der Waals surface area contributed by atoms with Crippen LogP contribution in [0.25, 0.3) is 0 Å². The van der Waals surface area contributed by atoms with E-state index in [1.807, 2.05) is 26.8 Å². The maximum atomic E-state index is 13.8. The molecule has 37 heteroatoms. The molecule has 15 aliphatic rings. The van der Waals surface area contributed by atoms with E-state index in [1.165, 1.54) is 17.4 Å². The second kappa shape index (κ2) is 48.7. The fourth-order valence-electron chi connectivity index (χ4n) is 19.8. The number of ether oxygens (including phenoxy) is 8. The summed E-state index contributed by atoms with van der Waals surface area (Å²) in [5.74, 6) is -9.01. The quantitative estimate of drug-likeness (QED) is 0.0219. The second-order valence-corrected chi connectivity index (χ2v) is 38.6. The molecular formula is C100H121BrCl2F8N6O20. The number of cyclic esters (lactones) is 3. The first kappa shape index (κ1) is 106. The van der Waals surface area contributed by atoms with Gasteiger partial charge in [0.1, 0.15) is 84.5 Å². The van der Waals surface area contributed by atoms with Gasteiger partial charge in [-0.05, 0) is 225 Å². The van der Waals surface area contributed by atoms with E-state index in [-0.39, 0.29) is 209 Å². The molecule has 0 bridgehead atoms. The van der Waals surface area contributed by atoms with Crippen molar-refractivity contribution in [1.82, 2.24) is 24.9 Å². The minimum Gasteiger partial charge on any atom is -0.508 e. The zero-order chi connectivity index (χ0) is 97.2. The number of phenolic OH excluding ortho intramolecular Hbond substituents is 1. The minimum atomic E-state index is -2.63. The van der Waals surface area contributed by atoms with Crippen molar-refractivity contribution in [1.29, 1.82) is 0 Å². The SMILES string of the molecule is CCOC(=O)c1ccc(OC2CCCCC2N2CCC(F)(F)C2)cc1CCl.Cl.FC1(F)CCCC1.NC1CCC(=O)CC1=O.O=C1CCC(N2Cc3cc(OC4CCCCC4N4CCC(F)(F)C4)ccc3C2=O)C(=O)N1.O=C1CCCCC1Br.O=C1OCc2cc(O)ccc21.O=C1OCc2cc(OC3CCCCC3=O)ccc21.O=C1OCc2cc(OC3CCCCC3N3CCC(F)(F)C3)ccc21. The highest BCUT2D eigenvalue weighted by Crippen LogP contribution is 2.42. The summed E-state index contributed by atoms with van der Waals surface area (Å²) in [6, 6.07) is 24.5. The van der Waals surface area contributed by atoms with Gasteiger partial charge >= 0.3 is 23.9 Å². The number of aromatic hydroxyl groups is 1. The van der Waals surface area contributed by atoms with Gasteiger partial charge in [-0.2, -0.15) is 0 Å². The Hall–Kier alpha value is -9.39. The molecule has 5 aromatic carbocycles. The number of nitrogens with zero attached hydrogens (tertiary/aromatic N) is 4. The van der Waals surface area contributed by atoms with Crippen LogP contribution in [0.3, 0.4) is 0 Å². The summed E-state index contributed by atoms with van der Waals surface area (Å²) < 4.78 is 150. The van der Waals surface area contributed by atoms with Crippen LogP contribution in [0.15, 0.2) is 91.0 Å². The van der Waals surface area contributed by atoms with Crippen LogP contribution in [-0.4, -0.2) is 218 Å². The average Bonchev–Trinajstić information content (AvgIpc) is 1.63. The van der Waals surface area contributed by atoms with Crippen LogP contribution >= 0.6 is 39.9 Å². The summed E-state index contributed by atoms with van der Waals surface area (Å²) in [6.45, 7) is 3.85. The number of imide groups is 1. The number of hydrogen-bond acceptors (Lipinski definition) is 24. The number of carbonyl (C=O) groups excluding carboxylic acids is 11. The Morgan fingerprint density at radius 1 is 0.482 bits per heavy atom. The second-order valence-electron chi connectivity index (χ2n) is 37.2. The van der Waals surface area contributed by atoms with Crippen molar-refractivity contribution in [3.05, 3.63) is 147 Å². The van der Waals surface area contributed by atoms with Crippen molar-refractivity contribution in [3.63, 3.8) is 0 Å². The number of carbonyl (C=O) groups is 11. The largest absolute Gasteiger partial charge is 0.508 e. The lowest BCUT2D eigenvalue weighted by Crippen LogP contribution is -2.52. The summed E-state index contributed by atoms with van der Waals surface area (Å²) in [4.78, 5) is 133. The van der Waals surface area contributed by atoms with E-state index in [0.29, 0.717) is 134 Å². The molecule has 4 N–H and O–H groups in total. The first-order valence-corrected chi connectivity index (χ1v) is 49.1. The van der Waals surface area contributed by atoms with Crippen LogP contribution in [0.5, 0.6) is 28.7 Å². The molecule has 26 nitrogen and oxygen atoms in total. The normalized spacial score (nSPS) is 26.5. The molecule has 7 saturated carbocycles. The molecule has 0 radical (unpaired) electrons. The maximum absolute atomic E-state index is 13.8. The van der Waals surface area contributed by atoms with Gasteiger partial charge in [0.15, 0.2) is 17.7 Å². The summed E-state index contributed by atoms with van der Waals surface area (Å²) in [7, 11) is 0. The Balaban J connectivity index is 0.000000147. The van der Waals surface area contributed by atoms with Crippen molar-refractivity contribution in [2.45, 2.75) is 328 Å². The number of ketones is 4. The lowest BCUT2D eigenvalue weighted by atomic mass is 9.91. The Labute approximate surface area is 810 Å². The van der Waals surface area contributed by atoms with Gasteiger partial charge < -0.3 is 53.6 Å². The van der Waals surface area contributed by atoms with Crippen LogP contribution < -0.4 is 30.0 Å². The molecule has 10 unspecified atom stereocenters. The van der Waals surface area contributed by atoms with E-state index in [4.69, 9.17) is 60.3 Å². The molecule has 748 valence electrons. The standard InChI is InChI=1S/C23H27F2N3O4.C20H26ClF2NO3.C18H21F2NO3.C14H14O4.C8H6O3.C6H9BrO.C6H9NO2.C5H8F2.ClH/c24-23(25)9-10-27(13-23)17-3-1-2-4-19(17)32-15-5-6-16-14(11-15)12-28(22(16)31)18-7-8-20(29)26-21(18)30;1-2-26-19(25)16-8-7-15(11-14(16)12-21)27-18-6-4-3-5-17(18)24-10-9-20(22,23)13-24;19-18(20)7-8-21(11-18)15-3-1-2-4-16(15)24-13-5-6-14-12(9-13)10-23-17(14)22;15-12-3-1-2-4-13(12)18-10-5-6-11-9(7-10)8-17-14(11)16;9-6-1-2-7-5(3-6)4-11-8(7)10;7-5-3-1-2-4-6(5)8;7-5-2-1-4(8)3-6(5)9;6-5(7)3-1-2-4-5;/h5-6,11,17-19H,1-4,7-10,12-13H2,(H,26,29,30);7-8,11,17-18H,2-6,9-10,12-13H2,1H3;5-6,9,15-16H,1-4,7-8,10-11H2;5-7,13H,1-4,8H2;1-3,9H,4H2;5H,1-4H2;5H,1-3,7H2;1-4H2;1H. The number of rotatable bonds is 15. The Morgan fingerprint density at radius 2 is 0.920 bits per heavy atom. The zero-order valence-corrected chi connectivity index (χ0v) is 80.0. The van der Waals surface area contributed by atoms with Gasteiger partial charge in [-0.3, -0.25) is 53.6 Å². The topological polar surface area (TPSA) is 333 Å². The smallest absolute Gasteiger partial charge is 0.338 e. The lowest BCUT2D eigenvalue weighted by Gasteiger charge is -2.37. The number of nitrogens with two attached hydrogens (primary N) is 1. The van der Waals surface area contributed by atoms with Gasteiger partial charge in [0.2, 0.25) is 17.7 Å². The Kier molecular flexibility index (Phi) is 37.8. The molecular weight excluding hydrogens is 1910 g/mol. The number of piperidine rings is 1. The Morgan fingerprint density at radius 3 is 1.34 bits per heavy atom. The third-order valence-corrected chi connectivity index (χ3v) is 28.4. The predicted octanol–water partition coefficient (Wildman–Crippen LogP) is 18.0. The first-order valence-electron chi connectivity index (χ1n) is 47.6. The number of alkyl halides is 10. The van der Waals surface area contributed by atoms with E-state index in [0.717, 1.165) is 138 Å². The summed E-state index contributed by atoms with van der Waals surface area (Å²) in [6.07, 6.45) is 21.1. The number of nitrogens with one attached hydrogen (secondary N) is 1. The summed E-state index contributed by atoms with van der Waals surface area (Å²) in [5, 5.41) is 11.3. The molecule has 0 spiro atoms. The van der Waals surface area contributed by atoms with Crippen molar-refractivity contribution in [2.24, 2.45) is 5.73 Å². The lowest BCUT2D eigenvalue weighted by molar-refractivity contribution is -0.137. The number of likely N-dealkylation sites (tertiary alicyclic amines) is 3. The third-order valence-electron chi connectivity index (χ3n) is 27.2. The highest BCUT2D eigenvalue weighted by molar-refractivity contribution is 9.10. The molecule has 0 aromatic heterocycles. The molecule has 137 heavy (non-hydrogen) atoms. The van der Waals surface area contributed by atoms with Gasteiger partial charge in [-0.1, -0.05) is 41.6 Å². The van der Waals surface area contributed by atoms with E-state index >= 15 is 0 Å². The number of esters is 4. The molecule has 3 amide bonds. The highest BCUT2D eigenvalue weighted by atomic mass is 79.9. The maximum Gasteiger partial charge on any atom is 0.338 e. The average molecular weight is 2030 g/mol. The van der Waals surface area contributed by atoms with Crippen molar-refractivity contribution >= 4 is 105 Å². The number of phenols is 1. The van der Waals surface area contributed by atoms with E-state index < -0.39 is 41.6 Å². The van der Waals surface area contributed by atoms with Gasteiger partial charge in [-0.15, -0.1) is 24.0 Å². The van der Waals surface area contributed by atoms with E-state index in [1.54, 1.807) is 79.7 Å². The number of halogens is 11. The fourth-order valence-corrected chi connectivity index (χ4v) is 20.6. The van der Waals surface area contributed by atoms with Crippen molar-refractivity contribution in [3.8, 4) is 28.7 Å². The number of fused-ring (bicyclic) bond motifs is 4. The minimum absolute atomic E-state index is 0. The van der Waals surface area contributed by atoms with Crippen molar-refractivity contribution in [2.75, 3.05) is 45.9 Å². The number of amides is 3. The Bertz CT molecular complexity index is 5130. The van der Waals surface area contributed by atoms with E-state index in [9.17, 15) is 87.9 Å². The van der Waals surface area contributed by atoms with Gasteiger partial charge in [-0.25, -0.2) is 54.3 Å². The van der Waals surface area contributed by atoms with Gasteiger partial charge in [0, 0.05) is 130 Å². The fraction of sp³-hybridized carbons (Fsp3) is 0.590. The van der Waals surface area contributed by atoms with Gasteiger partial charge in [0.25, 0.3) is 23.7 Å². The van der Waals surface area contributed by atoms with E-state index in [2.05, 4.69) is 21.2 Å². The molecule has 8 heterocycles. The molecule has 11 fully saturated rings. The third kappa shape index (κ3) is 29.4. The molecule has 10 atom stereocenters. The predicted molar refractivity (Wildman–Crippen MR) is 493 cm³/mol. The molecule has 8 aliphatic heterocycles. The summed E-state index contributed by atoms with van der Waals surface area (Å²) >= 11 is 9.30. The monoisotopic (exact) mass is 2030 g/mol. The van der Waals surface area contributed by atoms with Gasteiger partial charge in [0.05, 0.1) is 65.8 Å². The molecule has 5 aromatic rings. The van der Waals surface area contributed by atoms with Crippen LogP contribution in [0, 0.1) is 0 Å². The molecule has 7 aliphatic carbocycles. The number of hydrogen-bond donors (Lipinski definition) is 3. The highest BCUT2D eigenvalue weighted by Gasteiger charge is 2.49. The summed E-state index contributed by atoms with van der Waals surface area (Å²) in [5.41, 5.74) is 11.9. The van der Waals surface area contributed by atoms with Crippen LogP contribution in [0.2, 0.25) is 0 Å².